The van der Waals surface area contributed by atoms with E-state index < -0.39 is 11.5 Å². The number of rotatable bonds is 8. The summed E-state index contributed by atoms with van der Waals surface area (Å²) in [5, 5.41) is 3.78. The van der Waals surface area contributed by atoms with E-state index in [0.717, 1.165) is 41.1 Å². The summed E-state index contributed by atoms with van der Waals surface area (Å²) in [6, 6.07) is 26.6. The smallest absolute Gasteiger partial charge is 0.223 e. The summed E-state index contributed by atoms with van der Waals surface area (Å²) in [5.74, 6) is 0.0663. The number of primary amides is 1. The molecule has 3 heterocycles. The molecular weight excluding hydrogens is 559 g/mol. The topological polar surface area (TPSA) is 87.9 Å². The number of nitrogens with one attached hydrogen (secondary N) is 1. The molecule has 5 atom stereocenters. The standard InChI is InChI=1S/C32H38N4O3.2ClH/c1-21-30(34-20-23-19-26(35(3)22(2)37)15-16-28(23)39-4)27-17-18-36(21)32(29(27)31(33)38,24-11-7-5-8-12-24)25-13-9-6-10-14-25;;/h5-16,19,21,27,29-30,34H,17-18,20H2,1-4H3,(H2,33,38);2*1H/t21-,27-,29-,30+;;/m0../s1. The lowest BCUT2D eigenvalue weighted by molar-refractivity contribution is -0.152. The monoisotopic (exact) mass is 598 g/mol. The maximum absolute atomic E-state index is 13.4. The number of hydrogen-bond acceptors (Lipinski definition) is 5. The van der Waals surface area contributed by atoms with Gasteiger partial charge in [0, 0.05) is 50.4 Å². The Bertz CT molecular complexity index is 1300. The average Bonchev–Trinajstić information content (AvgIpc) is 2.96. The van der Waals surface area contributed by atoms with Crippen LogP contribution in [0.2, 0.25) is 0 Å². The molecule has 3 N–H and O–H groups in total. The molecule has 3 fully saturated rings. The SMILES string of the molecule is COc1ccc(N(C)C(C)=O)cc1CN[C@H]1[C@H]2CCN([C@H]1C)C(c1ccccc1)(c1ccccc1)[C@@H]2C(N)=O.Cl.Cl. The van der Waals surface area contributed by atoms with E-state index in [-0.39, 0.29) is 54.6 Å². The minimum Gasteiger partial charge on any atom is -0.496 e. The van der Waals surface area contributed by atoms with Crippen molar-refractivity contribution < 1.29 is 14.3 Å². The minimum atomic E-state index is -0.642. The Morgan fingerprint density at radius 3 is 2.12 bits per heavy atom. The lowest BCUT2D eigenvalue weighted by Gasteiger charge is -2.64. The highest BCUT2D eigenvalue weighted by Gasteiger charge is 2.62. The van der Waals surface area contributed by atoms with Crippen LogP contribution in [0.25, 0.3) is 0 Å². The highest BCUT2D eigenvalue weighted by molar-refractivity contribution is 5.91. The van der Waals surface area contributed by atoms with Crippen molar-refractivity contribution >= 4 is 42.3 Å². The molecule has 9 heteroatoms. The molecule has 3 aromatic rings. The predicted octanol–water partition coefficient (Wildman–Crippen LogP) is 4.75. The Kier molecular flexibility index (Phi) is 10.5. The summed E-state index contributed by atoms with van der Waals surface area (Å²) in [7, 11) is 3.42. The second kappa shape index (κ2) is 13.3. The summed E-state index contributed by atoms with van der Waals surface area (Å²) in [5.41, 5.74) is 9.61. The molecule has 1 unspecified atom stereocenters. The number of methoxy groups -OCH3 is 1. The fourth-order valence-electron chi connectivity index (χ4n) is 7.09. The van der Waals surface area contributed by atoms with Gasteiger partial charge in [-0.25, -0.2) is 0 Å². The largest absolute Gasteiger partial charge is 0.496 e. The Hall–Kier alpha value is -3.10. The molecule has 0 saturated carbocycles. The van der Waals surface area contributed by atoms with Gasteiger partial charge in [-0.05, 0) is 48.6 Å². The van der Waals surface area contributed by atoms with Crippen LogP contribution in [0.4, 0.5) is 5.69 Å². The number of nitrogens with zero attached hydrogens (tertiary/aromatic N) is 2. The van der Waals surface area contributed by atoms with Crippen molar-refractivity contribution in [2.45, 2.75) is 44.4 Å². The Balaban J connectivity index is 0.00000231. The number of carbonyl (C=O) groups is 2. The predicted molar refractivity (Wildman–Crippen MR) is 168 cm³/mol. The third-order valence-corrected chi connectivity index (χ3v) is 8.89. The van der Waals surface area contributed by atoms with Gasteiger partial charge in [-0.1, -0.05) is 60.7 Å². The van der Waals surface area contributed by atoms with Crippen LogP contribution in [0.15, 0.2) is 78.9 Å². The summed E-state index contributed by atoms with van der Waals surface area (Å²) < 4.78 is 5.65. The van der Waals surface area contributed by atoms with Gasteiger partial charge in [0.1, 0.15) is 5.75 Å². The first-order valence-corrected chi connectivity index (χ1v) is 13.6. The Labute approximate surface area is 255 Å². The maximum Gasteiger partial charge on any atom is 0.223 e. The van der Waals surface area contributed by atoms with Crippen LogP contribution in [-0.4, -0.2) is 49.5 Å². The fraction of sp³-hybridized carbons (Fsp3) is 0.375. The van der Waals surface area contributed by atoms with Crippen molar-refractivity contribution in [1.82, 2.24) is 10.2 Å². The molecule has 3 aromatic carbocycles. The number of halogens is 2. The summed E-state index contributed by atoms with van der Waals surface area (Å²) in [4.78, 5) is 29.5. The first kappa shape index (κ1) is 32.4. The number of fused-ring (bicyclic) bond motifs is 3. The molecule has 7 nitrogen and oxygen atoms in total. The number of hydrogen-bond donors (Lipinski definition) is 2. The van der Waals surface area contributed by atoms with Crippen LogP contribution in [0, 0.1) is 11.8 Å². The summed E-state index contributed by atoms with van der Waals surface area (Å²) in [6.07, 6.45) is 0.876. The van der Waals surface area contributed by atoms with E-state index in [0.29, 0.717) is 6.54 Å². The number of piperidine rings is 3. The third kappa shape index (κ3) is 5.56. The van der Waals surface area contributed by atoms with Crippen LogP contribution in [0.5, 0.6) is 5.75 Å². The van der Waals surface area contributed by atoms with E-state index in [2.05, 4.69) is 41.4 Å². The van der Waals surface area contributed by atoms with Crippen LogP contribution < -0.4 is 20.7 Å². The zero-order valence-electron chi connectivity index (χ0n) is 23.9. The van der Waals surface area contributed by atoms with Crippen molar-refractivity contribution in [3.05, 3.63) is 95.6 Å². The zero-order chi connectivity index (χ0) is 27.7. The Morgan fingerprint density at radius 2 is 1.61 bits per heavy atom. The summed E-state index contributed by atoms with van der Waals surface area (Å²) in [6.45, 7) is 5.21. The number of carbonyl (C=O) groups excluding carboxylic acids is 2. The molecule has 3 saturated heterocycles. The maximum atomic E-state index is 13.4. The normalized spacial score (nSPS) is 24.0. The van der Waals surface area contributed by atoms with Gasteiger partial charge in [0.15, 0.2) is 0 Å². The van der Waals surface area contributed by atoms with Gasteiger partial charge in [0.25, 0.3) is 0 Å². The van der Waals surface area contributed by atoms with Crippen molar-refractivity contribution in [3.8, 4) is 5.75 Å². The van der Waals surface area contributed by atoms with E-state index in [1.807, 2.05) is 54.6 Å². The van der Waals surface area contributed by atoms with E-state index in [4.69, 9.17) is 10.5 Å². The van der Waals surface area contributed by atoms with Gasteiger partial charge in [-0.15, -0.1) is 24.8 Å². The number of amides is 2. The molecule has 41 heavy (non-hydrogen) atoms. The molecule has 0 spiro atoms. The van der Waals surface area contributed by atoms with E-state index in [1.54, 1.807) is 26.0 Å². The first-order valence-electron chi connectivity index (χ1n) is 13.6. The second-order valence-corrected chi connectivity index (χ2v) is 10.7. The first-order chi connectivity index (χ1) is 18.8. The lowest BCUT2D eigenvalue weighted by atomic mass is 9.57. The Morgan fingerprint density at radius 1 is 1.02 bits per heavy atom. The number of ether oxygens (including phenoxy) is 1. The van der Waals surface area contributed by atoms with Gasteiger partial charge < -0.3 is 20.7 Å². The van der Waals surface area contributed by atoms with Crippen LogP contribution in [-0.2, 0) is 21.7 Å². The van der Waals surface area contributed by atoms with Gasteiger partial charge in [0.2, 0.25) is 11.8 Å². The van der Waals surface area contributed by atoms with Crippen LogP contribution in [0.1, 0.15) is 37.0 Å². The minimum absolute atomic E-state index is 0. The van der Waals surface area contributed by atoms with Gasteiger partial charge in [-0.2, -0.15) is 0 Å². The average molecular weight is 600 g/mol. The second-order valence-electron chi connectivity index (χ2n) is 10.7. The van der Waals surface area contributed by atoms with Crippen molar-refractivity contribution in [3.63, 3.8) is 0 Å². The molecular formula is C32H40Cl2N4O3. The summed E-state index contributed by atoms with van der Waals surface area (Å²) >= 11 is 0. The van der Waals surface area contributed by atoms with E-state index >= 15 is 0 Å². The molecule has 0 radical (unpaired) electrons. The highest BCUT2D eigenvalue weighted by Crippen LogP contribution is 2.55. The third-order valence-electron chi connectivity index (χ3n) is 8.89. The molecule has 220 valence electrons. The van der Waals surface area contributed by atoms with Crippen LogP contribution >= 0.6 is 24.8 Å². The lowest BCUT2D eigenvalue weighted by Crippen LogP contribution is -2.75. The molecule has 0 aliphatic carbocycles. The molecule has 3 aliphatic rings. The number of benzene rings is 3. The number of anilines is 1. The molecule has 2 bridgehead atoms. The van der Waals surface area contributed by atoms with Crippen molar-refractivity contribution in [2.75, 3.05) is 25.6 Å². The van der Waals surface area contributed by atoms with E-state index in [9.17, 15) is 9.59 Å². The van der Waals surface area contributed by atoms with Gasteiger partial charge in [-0.3, -0.25) is 14.5 Å². The highest BCUT2D eigenvalue weighted by atomic mass is 35.5. The molecule has 0 aromatic heterocycles. The fourth-order valence-corrected chi connectivity index (χ4v) is 7.09. The van der Waals surface area contributed by atoms with Crippen molar-refractivity contribution in [2.24, 2.45) is 17.6 Å². The zero-order valence-corrected chi connectivity index (χ0v) is 25.6. The van der Waals surface area contributed by atoms with Crippen molar-refractivity contribution in [1.29, 1.82) is 0 Å². The molecule has 3 aliphatic heterocycles. The van der Waals surface area contributed by atoms with Gasteiger partial charge in [0.05, 0.1) is 18.6 Å². The molecule has 2 amide bonds. The number of nitrogens with two attached hydrogens (primary N) is 1. The molecule has 6 rings (SSSR count). The quantitative estimate of drug-likeness (QED) is 0.391. The van der Waals surface area contributed by atoms with Crippen LogP contribution in [0.3, 0.4) is 0 Å². The van der Waals surface area contributed by atoms with Gasteiger partial charge >= 0.3 is 0 Å². The van der Waals surface area contributed by atoms with E-state index in [1.165, 1.54) is 0 Å².